The van der Waals surface area contributed by atoms with Crippen molar-refractivity contribution >= 4 is 11.6 Å². The Morgan fingerprint density at radius 2 is 2.22 bits per heavy atom. The molecule has 0 aliphatic carbocycles. The molecule has 1 heterocycles. The van der Waals surface area contributed by atoms with Gasteiger partial charge in [-0.05, 0) is 63.1 Å². The fourth-order valence-electron chi connectivity index (χ4n) is 2.89. The summed E-state index contributed by atoms with van der Waals surface area (Å²) < 4.78 is 0. The Labute approximate surface area is 115 Å². The van der Waals surface area contributed by atoms with E-state index in [2.05, 4.69) is 49.3 Å². The van der Waals surface area contributed by atoms with E-state index in [1.807, 2.05) is 0 Å². The van der Waals surface area contributed by atoms with Gasteiger partial charge in [-0.1, -0.05) is 30.7 Å². The number of benzene rings is 1. The molecule has 0 amide bonds. The molecule has 1 aromatic carbocycles. The Bertz CT molecular complexity index is 405. The summed E-state index contributed by atoms with van der Waals surface area (Å²) in [6.45, 7) is 7.53. The molecule has 1 N–H and O–H groups in total. The van der Waals surface area contributed by atoms with E-state index in [1.54, 1.807) is 0 Å². The molecule has 1 aromatic rings. The molecule has 18 heavy (non-hydrogen) atoms. The average Bonchev–Trinajstić information content (AvgIpc) is 2.71. The molecule has 100 valence electrons. The topological polar surface area (TPSA) is 15.3 Å². The summed E-state index contributed by atoms with van der Waals surface area (Å²) in [5, 5.41) is 4.36. The van der Waals surface area contributed by atoms with Gasteiger partial charge in [-0.15, -0.1) is 0 Å². The van der Waals surface area contributed by atoms with Crippen LogP contribution in [0, 0.1) is 12.8 Å². The summed E-state index contributed by atoms with van der Waals surface area (Å²) in [6.07, 6.45) is 1.26. The second-order valence-corrected chi connectivity index (χ2v) is 5.70. The maximum Gasteiger partial charge on any atom is 0.0438 e. The molecule has 1 saturated heterocycles. The monoisotopic (exact) mass is 266 g/mol. The van der Waals surface area contributed by atoms with Gasteiger partial charge < -0.3 is 5.32 Å². The van der Waals surface area contributed by atoms with Crippen LogP contribution in [0.2, 0.25) is 5.02 Å². The van der Waals surface area contributed by atoms with E-state index >= 15 is 0 Å². The van der Waals surface area contributed by atoms with E-state index < -0.39 is 0 Å². The molecule has 0 aromatic heterocycles. The molecule has 3 heteroatoms. The second-order valence-electron chi connectivity index (χ2n) is 5.29. The molecule has 1 aliphatic heterocycles. The van der Waals surface area contributed by atoms with Crippen molar-refractivity contribution in [3.05, 3.63) is 34.3 Å². The lowest BCUT2D eigenvalue weighted by atomic mass is 9.93. The third kappa shape index (κ3) is 2.87. The summed E-state index contributed by atoms with van der Waals surface area (Å²) in [7, 11) is 2.21. The van der Waals surface area contributed by atoms with Crippen LogP contribution >= 0.6 is 11.6 Å². The second kappa shape index (κ2) is 6.05. The van der Waals surface area contributed by atoms with E-state index in [4.69, 9.17) is 11.6 Å². The van der Waals surface area contributed by atoms with Crippen LogP contribution in [-0.4, -0.2) is 31.6 Å². The zero-order valence-electron chi connectivity index (χ0n) is 11.5. The standard InChI is InChI=1S/C15H23ClN2/c1-4-17-10-13-7-8-18(3)15(13)12-6-5-11(2)14(16)9-12/h5-6,9,13,15,17H,4,7-8,10H2,1-3H3. The van der Waals surface area contributed by atoms with E-state index in [1.165, 1.54) is 18.5 Å². The predicted octanol–water partition coefficient (Wildman–Crippen LogP) is 3.25. The summed E-state index contributed by atoms with van der Waals surface area (Å²) in [6, 6.07) is 7.01. The average molecular weight is 267 g/mol. The fourth-order valence-corrected chi connectivity index (χ4v) is 3.08. The highest BCUT2D eigenvalue weighted by Crippen LogP contribution is 2.36. The molecule has 2 rings (SSSR count). The highest BCUT2D eigenvalue weighted by Gasteiger charge is 2.32. The molecule has 2 nitrogen and oxygen atoms in total. The molecule has 1 fully saturated rings. The van der Waals surface area contributed by atoms with Gasteiger partial charge in [0, 0.05) is 11.1 Å². The molecular formula is C15H23ClN2. The minimum atomic E-state index is 0.502. The molecular weight excluding hydrogens is 244 g/mol. The molecule has 0 bridgehead atoms. The largest absolute Gasteiger partial charge is 0.317 e. The van der Waals surface area contributed by atoms with E-state index in [0.717, 1.165) is 23.7 Å². The van der Waals surface area contributed by atoms with Crippen LogP contribution in [-0.2, 0) is 0 Å². The van der Waals surface area contributed by atoms with Gasteiger partial charge in [0.2, 0.25) is 0 Å². The summed E-state index contributed by atoms with van der Waals surface area (Å²) in [5.41, 5.74) is 2.51. The number of halogens is 1. The highest BCUT2D eigenvalue weighted by atomic mass is 35.5. The van der Waals surface area contributed by atoms with E-state index in [9.17, 15) is 0 Å². The van der Waals surface area contributed by atoms with Crippen molar-refractivity contribution in [3.8, 4) is 0 Å². The first kappa shape index (κ1) is 13.9. The molecule has 0 saturated carbocycles. The zero-order valence-corrected chi connectivity index (χ0v) is 12.3. The van der Waals surface area contributed by atoms with Crippen LogP contribution < -0.4 is 5.32 Å². The highest BCUT2D eigenvalue weighted by molar-refractivity contribution is 6.31. The Balaban J connectivity index is 2.19. The van der Waals surface area contributed by atoms with Gasteiger partial charge in [0.05, 0.1) is 0 Å². The first-order valence-electron chi connectivity index (χ1n) is 6.80. The summed E-state index contributed by atoms with van der Waals surface area (Å²) >= 11 is 6.26. The molecule has 0 radical (unpaired) electrons. The Kier molecular flexibility index (Phi) is 4.66. The number of hydrogen-bond acceptors (Lipinski definition) is 2. The quantitative estimate of drug-likeness (QED) is 0.900. The molecule has 2 unspecified atom stereocenters. The lowest BCUT2D eigenvalue weighted by molar-refractivity contribution is 0.273. The number of hydrogen-bond donors (Lipinski definition) is 1. The van der Waals surface area contributed by atoms with Crippen LogP contribution in [0.15, 0.2) is 18.2 Å². The number of aryl methyl sites for hydroxylation is 1. The minimum Gasteiger partial charge on any atom is -0.317 e. The van der Waals surface area contributed by atoms with Crippen molar-refractivity contribution in [2.24, 2.45) is 5.92 Å². The predicted molar refractivity (Wildman–Crippen MR) is 78.2 cm³/mol. The van der Waals surface area contributed by atoms with Gasteiger partial charge in [-0.25, -0.2) is 0 Å². The Hall–Kier alpha value is -0.570. The lowest BCUT2D eigenvalue weighted by Crippen LogP contribution is -2.28. The number of nitrogens with zero attached hydrogens (tertiary/aromatic N) is 1. The SMILES string of the molecule is CCNCC1CCN(C)C1c1ccc(C)c(Cl)c1. The van der Waals surface area contributed by atoms with Crippen molar-refractivity contribution in [2.75, 3.05) is 26.7 Å². The minimum absolute atomic E-state index is 0.502. The number of likely N-dealkylation sites (tertiary alicyclic amines) is 1. The third-order valence-corrected chi connectivity index (χ3v) is 4.38. The molecule has 2 atom stereocenters. The van der Waals surface area contributed by atoms with Crippen molar-refractivity contribution in [3.63, 3.8) is 0 Å². The number of rotatable bonds is 4. The van der Waals surface area contributed by atoms with Crippen molar-refractivity contribution in [1.29, 1.82) is 0 Å². The van der Waals surface area contributed by atoms with Crippen molar-refractivity contribution < 1.29 is 0 Å². The van der Waals surface area contributed by atoms with Crippen molar-refractivity contribution in [1.82, 2.24) is 10.2 Å². The Morgan fingerprint density at radius 3 is 2.89 bits per heavy atom. The molecule has 1 aliphatic rings. The summed E-state index contributed by atoms with van der Waals surface area (Å²) in [4.78, 5) is 2.45. The van der Waals surface area contributed by atoms with Gasteiger partial charge in [-0.3, -0.25) is 4.90 Å². The normalized spacial score (nSPS) is 24.7. The first-order chi connectivity index (χ1) is 8.63. The van der Waals surface area contributed by atoms with Gasteiger partial charge in [0.15, 0.2) is 0 Å². The third-order valence-electron chi connectivity index (χ3n) is 3.97. The van der Waals surface area contributed by atoms with Crippen LogP contribution in [0.5, 0.6) is 0 Å². The summed E-state index contributed by atoms with van der Waals surface area (Å²) in [5.74, 6) is 0.689. The smallest absolute Gasteiger partial charge is 0.0438 e. The van der Waals surface area contributed by atoms with Crippen LogP contribution in [0.25, 0.3) is 0 Å². The fraction of sp³-hybridized carbons (Fsp3) is 0.600. The van der Waals surface area contributed by atoms with Crippen LogP contribution in [0.1, 0.15) is 30.5 Å². The first-order valence-corrected chi connectivity index (χ1v) is 7.18. The van der Waals surface area contributed by atoms with Crippen LogP contribution in [0.3, 0.4) is 0 Å². The van der Waals surface area contributed by atoms with Gasteiger partial charge in [-0.2, -0.15) is 0 Å². The van der Waals surface area contributed by atoms with Gasteiger partial charge in [0.25, 0.3) is 0 Å². The van der Waals surface area contributed by atoms with E-state index in [-0.39, 0.29) is 0 Å². The maximum absolute atomic E-state index is 6.26. The van der Waals surface area contributed by atoms with E-state index in [0.29, 0.717) is 12.0 Å². The number of nitrogens with one attached hydrogen (secondary N) is 1. The van der Waals surface area contributed by atoms with Gasteiger partial charge in [0.1, 0.15) is 0 Å². The van der Waals surface area contributed by atoms with Crippen molar-refractivity contribution in [2.45, 2.75) is 26.3 Å². The van der Waals surface area contributed by atoms with Gasteiger partial charge >= 0.3 is 0 Å². The zero-order chi connectivity index (χ0) is 13.1. The maximum atomic E-state index is 6.26. The van der Waals surface area contributed by atoms with Crippen LogP contribution in [0.4, 0.5) is 0 Å². The molecule has 0 spiro atoms. The lowest BCUT2D eigenvalue weighted by Gasteiger charge is -2.26. The Morgan fingerprint density at radius 1 is 1.44 bits per heavy atom.